The predicted octanol–water partition coefficient (Wildman–Crippen LogP) is 3.98. The number of nitrogens with one attached hydrogen (secondary N) is 1. The van der Waals surface area contributed by atoms with Gasteiger partial charge in [-0.25, -0.2) is 0 Å². The van der Waals surface area contributed by atoms with Gasteiger partial charge < -0.3 is 10.2 Å². The van der Waals surface area contributed by atoms with Crippen molar-refractivity contribution in [2.75, 3.05) is 24.3 Å². The number of anilines is 2. The second-order valence-electron chi connectivity index (χ2n) is 5.15. The minimum absolute atomic E-state index is 0.923. The van der Waals surface area contributed by atoms with Crippen LogP contribution in [0.3, 0.4) is 0 Å². The zero-order valence-electron chi connectivity index (χ0n) is 12.2. The summed E-state index contributed by atoms with van der Waals surface area (Å²) in [6.07, 6.45) is 0. The summed E-state index contributed by atoms with van der Waals surface area (Å²) in [5.41, 5.74) is 6.37. The molecule has 0 saturated carbocycles. The van der Waals surface area contributed by atoms with Gasteiger partial charge in [0.15, 0.2) is 0 Å². The van der Waals surface area contributed by atoms with Gasteiger partial charge in [0.2, 0.25) is 0 Å². The van der Waals surface area contributed by atoms with E-state index < -0.39 is 0 Å². The molecule has 0 amide bonds. The van der Waals surface area contributed by atoms with E-state index in [1.807, 2.05) is 7.05 Å². The molecule has 0 aliphatic heterocycles. The van der Waals surface area contributed by atoms with Crippen LogP contribution in [0.2, 0.25) is 0 Å². The van der Waals surface area contributed by atoms with Crippen molar-refractivity contribution in [3.8, 4) is 0 Å². The van der Waals surface area contributed by atoms with Crippen molar-refractivity contribution in [2.45, 2.75) is 20.4 Å². The van der Waals surface area contributed by atoms with Crippen LogP contribution in [0.1, 0.15) is 16.7 Å². The standard InChI is InChI=1S/C17H22N2/c1-13-9-14(2)11-17(10-13)19(4)12-15-5-7-16(18-3)8-6-15/h5-11,18H,12H2,1-4H3. The first-order valence-electron chi connectivity index (χ1n) is 6.64. The SMILES string of the molecule is CNc1ccc(CN(C)c2cc(C)cc(C)c2)cc1. The summed E-state index contributed by atoms with van der Waals surface area (Å²) in [7, 11) is 4.08. The zero-order valence-corrected chi connectivity index (χ0v) is 12.2. The van der Waals surface area contributed by atoms with E-state index in [0.29, 0.717) is 0 Å². The van der Waals surface area contributed by atoms with Gasteiger partial charge in [0.1, 0.15) is 0 Å². The first kappa shape index (κ1) is 13.5. The van der Waals surface area contributed by atoms with Crippen LogP contribution in [-0.2, 0) is 6.54 Å². The van der Waals surface area contributed by atoms with Crippen LogP contribution in [0.5, 0.6) is 0 Å². The van der Waals surface area contributed by atoms with Crippen LogP contribution in [0.25, 0.3) is 0 Å². The molecule has 0 heterocycles. The summed E-state index contributed by atoms with van der Waals surface area (Å²) in [6.45, 7) is 5.21. The molecule has 2 nitrogen and oxygen atoms in total. The molecule has 0 aromatic heterocycles. The Morgan fingerprint density at radius 3 is 2.05 bits per heavy atom. The summed E-state index contributed by atoms with van der Waals surface area (Å²) in [4.78, 5) is 2.29. The Balaban J connectivity index is 2.13. The van der Waals surface area contributed by atoms with Crippen molar-refractivity contribution in [1.29, 1.82) is 0 Å². The van der Waals surface area contributed by atoms with Gasteiger partial charge >= 0.3 is 0 Å². The van der Waals surface area contributed by atoms with Gasteiger partial charge in [-0.15, -0.1) is 0 Å². The number of hydrogen-bond donors (Lipinski definition) is 1. The van der Waals surface area contributed by atoms with Gasteiger partial charge in [-0.2, -0.15) is 0 Å². The van der Waals surface area contributed by atoms with Crippen LogP contribution in [0.4, 0.5) is 11.4 Å². The lowest BCUT2D eigenvalue weighted by Crippen LogP contribution is -2.16. The number of aryl methyl sites for hydroxylation is 2. The van der Waals surface area contributed by atoms with Gasteiger partial charge in [0, 0.05) is 32.0 Å². The molecule has 2 heteroatoms. The number of nitrogens with zero attached hydrogens (tertiary/aromatic N) is 1. The Bertz CT molecular complexity index is 523. The lowest BCUT2D eigenvalue weighted by Gasteiger charge is -2.20. The maximum Gasteiger partial charge on any atom is 0.0426 e. The minimum Gasteiger partial charge on any atom is -0.388 e. The fraction of sp³-hybridized carbons (Fsp3) is 0.294. The molecule has 0 spiro atoms. The Hall–Kier alpha value is -1.96. The van der Waals surface area contributed by atoms with E-state index in [1.165, 1.54) is 22.4 Å². The smallest absolute Gasteiger partial charge is 0.0426 e. The Morgan fingerprint density at radius 2 is 1.53 bits per heavy atom. The van der Waals surface area contributed by atoms with Crippen LogP contribution in [0.15, 0.2) is 42.5 Å². The molecule has 1 N–H and O–H groups in total. The number of hydrogen-bond acceptors (Lipinski definition) is 2. The molecule has 0 saturated heterocycles. The maximum atomic E-state index is 3.14. The van der Waals surface area contributed by atoms with Crippen LogP contribution in [-0.4, -0.2) is 14.1 Å². The van der Waals surface area contributed by atoms with Crippen molar-refractivity contribution in [2.24, 2.45) is 0 Å². The quantitative estimate of drug-likeness (QED) is 0.887. The molecule has 0 aliphatic carbocycles. The third kappa shape index (κ3) is 3.50. The first-order chi connectivity index (χ1) is 9.08. The molecule has 100 valence electrons. The molecule has 0 atom stereocenters. The molecular weight excluding hydrogens is 232 g/mol. The molecule has 2 aromatic rings. The van der Waals surface area contributed by atoms with Gasteiger partial charge in [-0.1, -0.05) is 18.2 Å². The Morgan fingerprint density at radius 1 is 0.947 bits per heavy atom. The predicted molar refractivity (Wildman–Crippen MR) is 84.0 cm³/mol. The maximum absolute atomic E-state index is 3.14. The monoisotopic (exact) mass is 254 g/mol. The van der Waals surface area contributed by atoms with Crippen molar-refractivity contribution in [1.82, 2.24) is 0 Å². The molecule has 0 fully saturated rings. The second kappa shape index (κ2) is 5.79. The molecular formula is C17H22N2. The lowest BCUT2D eigenvalue weighted by atomic mass is 10.1. The Kier molecular flexibility index (Phi) is 4.10. The van der Waals surface area contributed by atoms with E-state index in [9.17, 15) is 0 Å². The highest BCUT2D eigenvalue weighted by Gasteiger charge is 2.03. The molecule has 2 rings (SSSR count). The van der Waals surface area contributed by atoms with Crippen molar-refractivity contribution < 1.29 is 0 Å². The molecule has 0 unspecified atom stereocenters. The minimum atomic E-state index is 0.923. The number of benzene rings is 2. The molecule has 2 aromatic carbocycles. The summed E-state index contributed by atoms with van der Waals surface area (Å²) >= 11 is 0. The zero-order chi connectivity index (χ0) is 13.8. The van der Waals surface area contributed by atoms with Crippen LogP contribution in [0, 0.1) is 13.8 Å². The fourth-order valence-electron chi connectivity index (χ4n) is 2.31. The molecule has 0 radical (unpaired) electrons. The largest absolute Gasteiger partial charge is 0.388 e. The van der Waals surface area contributed by atoms with E-state index in [0.717, 1.165) is 12.2 Å². The van der Waals surface area contributed by atoms with E-state index in [2.05, 4.69) is 73.6 Å². The fourth-order valence-corrected chi connectivity index (χ4v) is 2.31. The first-order valence-corrected chi connectivity index (χ1v) is 6.64. The van der Waals surface area contributed by atoms with E-state index in [4.69, 9.17) is 0 Å². The molecule has 0 aliphatic rings. The second-order valence-corrected chi connectivity index (χ2v) is 5.15. The highest BCUT2D eigenvalue weighted by molar-refractivity contribution is 5.51. The Labute approximate surface area is 116 Å². The highest BCUT2D eigenvalue weighted by atomic mass is 15.1. The van der Waals surface area contributed by atoms with Crippen molar-refractivity contribution in [3.05, 3.63) is 59.2 Å². The summed E-state index contributed by atoms with van der Waals surface area (Å²) in [6, 6.07) is 15.2. The number of rotatable bonds is 4. The molecule has 19 heavy (non-hydrogen) atoms. The average Bonchev–Trinajstić information content (AvgIpc) is 2.38. The van der Waals surface area contributed by atoms with E-state index in [1.54, 1.807) is 0 Å². The molecule has 0 bridgehead atoms. The van der Waals surface area contributed by atoms with E-state index in [-0.39, 0.29) is 0 Å². The van der Waals surface area contributed by atoms with Crippen molar-refractivity contribution >= 4 is 11.4 Å². The van der Waals surface area contributed by atoms with Crippen molar-refractivity contribution in [3.63, 3.8) is 0 Å². The van der Waals surface area contributed by atoms with Gasteiger partial charge in [-0.3, -0.25) is 0 Å². The highest BCUT2D eigenvalue weighted by Crippen LogP contribution is 2.20. The van der Waals surface area contributed by atoms with Gasteiger partial charge in [0.05, 0.1) is 0 Å². The van der Waals surface area contributed by atoms with Gasteiger partial charge in [0.25, 0.3) is 0 Å². The summed E-state index contributed by atoms with van der Waals surface area (Å²) in [5, 5.41) is 3.14. The summed E-state index contributed by atoms with van der Waals surface area (Å²) in [5.74, 6) is 0. The normalized spacial score (nSPS) is 10.3. The third-order valence-electron chi connectivity index (χ3n) is 3.31. The van der Waals surface area contributed by atoms with Crippen LogP contribution < -0.4 is 10.2 Å². The average molecular weight is 254 g/mol. The van der Waals surface area contributed by atoms with Gasteiger partial charge in [-0.05, 0) is 54.8 Å². The summed E-state index contributed by atoms with van der Waals surface area (Å²) < 4.78 is 0. The van der Waals surface area contributed by atoms with E-state index >= 15 is 0 Å². The van der Waals surface area contributed by atoms with Crippen LogP contribution >= 0.6 is 0 Å². The topological polar surface area (TPSA) is 15.3 Å². The third-order valence-corrected chi connectivity index (χ3v) is 3.31. The lowest BCUT2D eigenvalue weighted by molar-refractivity contribution is 0.921.